The Labute approximate surface area is 236 Å². The first-order valence-electron chi connectivity index (χ1n) is 14.1. The van der Waals surface area contributed by atoms with Crippen LogP contribution in [0.2, 0.25) is 0 Å². The van der Waals surface area contributed by atoms with Gasteiger partial charge in [-0.3, -0.25) is 4.79 Å². The van der Waals surface area contributed by atoms with Crippen LogP contribution in [0.5, 0.6) is 11.5 Å². The van der Waals surface area contributed by atoms with Gasteiger partial charge in [0.2, 0.25) is 0 Å². The molecule has 0 spiro atoms. The maximum atomic E-state index is 15.6. The van der Waals surface area contributed by atoms with Gasteiger partial charge < -0.3 is 14.2 Å². The molecule has 0 saturated heterocycles. The van der Waals surface area contributed by atoms with Crippen molar-refractivity contribution in [2.45, 2.75) is 77.7 Å². The Balaban J connectivity index is 1.67. The van der Waals surface area contributed by atoms with Crippen molar-refractivity contribution < 1.29 is 27.8 Å². The van der Waals surface area contributed by atoms with Crippen molar-refractivity contribution in [1.82, 2.24) is 0 Å². The van der Waals surface area contributed by atoms with Gasteiger partial charge in [0.1, 0.15) is 29.7 Å². The second kappa shape index (κ2) is 12.8. The summed E-state index contributed by atoms with van der Waals surface area (Å²) in [5.74, 6) is 0.202. The summed E-state index contributed by atoms with van der Waals surface area (Å²) in [5.41, 5.74) is 3.25. The lowest BCUT2D eigenvalue weighted by atomic mass is 9.75. The molecule has 1 aliphatic rings. The van der Waals surface area contributed by atoms with Crippen molar-refractivity contribution in [3.63, 3.8) is 0 Å². The van der Waals surface area contributed by atoms with Gasteiger partial charge in [0.05, 0.1) is 20.6 Å². The molecule has 1 saturated carbocycles. The van der Waals surface area contributed by atoms with Crippen LogP contribution in [0.25, 0.3) is 11.1 Å². The lowest BCUT2D eigenvalue weighted by molar-refractivity contribution is -0.141. The smallest absolute Gasteiger partial charge is 0.306 e. The topological polar surface area (TPSA) is 44.8 Å². The molecule has 3 aromatic rings. The maximum Gasteiger partial charge on any atom is 0.306 e. The lowest BCUT2D eigenvalue weighted by Gasteiger charge is -2.30. The average molecular weight is 551 g/mol. The molecule has 40 heavy (non-hydrogen) atoms. The number of carbonyl (C=O) groups excluding carboxylic acids is 1. The first-order valence-corrected chi connectivity index (χ1v) is 14.1. The summed E-state index contributed by atoms with van der Waals surface area (Å²) in [6.07, 6.45) is 5.15. The number of halogens is 2. The van der Waals surface area contributed by atoms with Crippen LogP contribution in [0.1, 0.15) is 87.8 Å². The molecule has 0 aromatic heterocycles. The van der Waals surface area contributed by atoms with E-state index in [2.05, 4.69) is 20.8 Å². The van der Waals surface area contributed by atoms with Gasteiger partial charge >= 0.3 is 5.97 Å². The van der Waals surface area contributed by atoms with Crippen LogP contribution in [0, 0.1) is 17.0 Å². The van der Waals surface area contributed by atoms with Gasteiger partial charge in [-0.05, 0) is 95.7 Å². The van der Waals surface area contributed by atoms with Crippen LogP contribution in [0.4, 0.5) is 8.78 Å². The SMILES string of the molecule is CCC[C@@H](CC(=O)OC)c1cccc(OCc2cc([C@@H]3CCCC3(C)C)c(-c3cc(OC)ccc3F)cc2F)c1. The lowest BCUT2D eigenvalue weighted by Crippen LogP contribution is -2.17. The largest absolute Gasteiger partial charge is 0.497 e. The van der Waals surface area contributed by atoms with E-state index in [0.29, 0.717) is 34.6 Å². The fourth-order valence-corrected chi connectivity index (χ4v) is 6.05. The summed E-state index contributed by atoms with van der Waals surface area (Å²) < 4.78 is 47.0. The number of rotatable bonds is 11. The molecule has 1 aliphatic carbocycles. The minimum Gasteiger partial charge on any atom is -0.497 e. The summed E-state index contributed by atoms with van der Waals surface area (Å²) in [6, 6.07) is 15.5. The maximum absolute atomic E-state index is 15.6. The van der Waals surface area contributed by atoms with E-state index < -0.39 is 11.6 Å². The fraction of sp³-hybridized carbons (Fsp3) is 0.441. The second-order valence-electron chi connectivity index (χ2n) is 11.4. The van der Waals surface area contributed by atoms with Crippen molar-refractivity contribution in [1.29, 1.82) is 0 Å². The molecule has 0 N–H and O–H groups in total. The zero-order chi connectivity index (χ0) is 28.9. The van der Waals surface area contributed by atoms with Gasteiger partial charge in [0, 0.05) is 11.1 Å². The summed E-state index contributed by atoms with van der Waals surface area (Å²) in [6.45, 7) is 6.56. The summed E-state index contributed by atoms with van der Waals surface area (Å²) >= 11 is 0. The highest BCUT2D eigenvalue weighted by Gasteiger charge is 2.37. The Morgan fingerprint density at radius 3 is 2.48 bits per heavy atom. The third-order valence-corrected chi connectivity index (χ3v) is 8.32. The van der Waals surface area contributed by atoms with Crippen molar-refractivity contribution in [3.8, 4) is 22.6 Å². The molecule has 214 valence electrons. The van der Waals surface area contributed by atoms with E-state index in [1.54, 1.807) is 12.1 Å². The number of esters is 1. The number of ether oxygens (including phenoxy) is 3. The third kappa shape index (κ3) is 6.65. The van der Waals surface area contributed by atoms with Gasteiger partial charge in [-0.2, -0.15) is 0 Å². The zero-order valence-corrected chi connectivity index (χ0v) is 24.2. The van der Waals surface area contributed by atoms with Crippen LogP contribution >= 0.6 is 0 Å². The number of carbonyl (C=O) groups is 1. The first kappa shape index (κ1) is 29.6. The van der Waals surface area contributed by atoms with Crippen LogP contribution in [-0.2, 0) is 16.1 Å². The van der Waals surface area contributed by atoms with E-state index in [4.69, 9.17) is 14.2 Å². The van der Waals surface area contributed by atoms with E-state index in [1.165, 1.54) is 26.4 Å². The molecule has 0 amide bonds. The molecule has 0 unspecified atom stereocenters. The molecule has 4 rings (SSSR count). The predicted octanol–water partition coefficient (Wildman–Crippen LogP) is 8.96. The summed E-state index contributed by atoms with van der Waals surface area (Å²) in [7, 11) is 2.93. The molecule has 6 heteroatoms. The summed E-state index contributed by atoms with van der Waals surface area (Å²) in [5, 5.41) is 0. The molecule has 0 aliphatic heterocycles. The monoisotopic (exact) mass is 550 g/mol. The highest BCUT2D eigenvalue weighted by Crippen LogP contribution is 2.51. The number of methoxy groups -OCH3 is 2. The molecule has 0 radical (unpaired) electrons. The first-order chi connectivity index (χ1) is 19.2. The third-order valence-electron chi connectivity index (χ3n) is 8.32. The van der Waals surface area contributed by atoms with Gasteiger partial charge in [0.15, 0.2) is 0 Å². The van der Waals surface area contributed by atoms with Crippen molar-refractivity contribution in [2.75, 3.05) is 14.2 Å². The molecule has 4 nitrogen and oxygen atoms in total. The highest BCUT2D eigenvalue weighted by molar-refractivity contribution is 5.71. The standard InChI is InChI=1S/C34H40F2O4/c1-6-9-22(18-33(37)39-5)23-10-7-11-26(16-23)40-21-24-17-28(30-12-8-15-34(30,2)3)27(20-32(24)36)29-19-25(38-4)13-14-31(29)35/h7,10-11,13-14,16-17,19-20,22,30H,6,8-9,12,15,18,21H2,1-5H3/t22-,30-/m0/s1. The van der Waals surface area contributed by atoms with Crippen molar-refractivity contribution in [3.05, 3.63) is 82.9 Å². The number of hydrogen-bond donors (Lipinski definition) is 0. The molecular weight excluding hydrogens is 510 g/mol. The predicted molar refractivity (Wildman–Crippen MR) is 154 cm³/mol. The second-order valence-corrected chi connectivity index (χ2v) is 11.4. The molecule has 0 heterocycles. The number of hydrogen-bond acceptors (Lipinski definition) is 4. The van der Waals surface area contributed by atoms with Crippen LogP contribution in [0.3, 0.4) is 0 Å². The highest BCUT2D eigenvalue weighted by atomic mass is 19.1. The zero-order valence-electron chi connectivity index (χ0n) is 24.2. The van der Waals surface area contributed by atoms with Gasteiger partial charge in [0.25, 0.3) is 0 Å². The molecule has 2 atom stereocenters. The van der Waals surface area contributed by atoms with Crippen LogP contribution < -0.4 is 9.47 Å². The Hall–Kier alpha value is -3.41. The van der Waals surface area contributed by atoms with E-state index in [0.717, 1.165) is 43.2 Å². The Bertz CT molecular complexity index is 1330. The summed E-state index contributed by atoms with van der Waals surface area (Å²) in [4.78, 5) is 12.0. The van der Waals surface area contributed by atoms with E-state index >= 15 is 8.78 Å². The van der Waals surface area contributed by atoms with E-state index in [-0.39, 0.29) is 29.8 Å². The van der Waals surface area contributed by atoms with Gasteiger partial charge in [-0.15, -0.1) is 0 Å². The molecule has 3 aromatic carbocycles. The Morgan fingerprint density at radius 1 is 1.00 bits per heavy atom. The van der Waals surface area contributed by atoms with E-state index in [1.807, 2.05) is 30.3 Å². The molecule has 0 bridgehead atoms. The molecule has 1 fully saturated rings. The number of benzene rings is 3. The van der Waals surface area contributed by atoms with Crippen LogP contribution in [-0.4, -0.2) is 20.2 Å². The van der Waals surface area contributed by atoms with Crippen molar-refractivity contribution >= 4 is 5.97 Å². The Morgan fingerprint density at radius 2 is 1.80 bits per heavy atom. The normalized spacial score (nSPS) is 16.9. The van der Waals surface area contributed by atoms with Crippen LogP contribution in [0.15, 0.2) is 54.6 Å². The quantitative estimate of drug-likeness (QED) is 0.224. The van der Waals surface area contributed by atoms with E-state index in [9.17, 15) is 4.79 Å². The minimum absolute atomic E-state index is 0.00229. The van der Waals surface area contributed by atoms with Gasteiger partial charge in [-0.25, -0.2) is 8.78 Å². The Kier molecular flexibility index (Phi) is 9.49. The minimum atomic E-state index is -0.442. The van der Waals surface area contributed by atoms with Crippen molar-refractivity contribution in [2.24, 2.45) is 5.41 Å². The fourth-order valence-electron chi connectivity index (χ4n) is 6.05. The molecular formula is C34H40F2O4. The van der Waals surface area contributed by atoms with Gasteiger partial charge in [-0.1, -0.05) is 45.7 Å². The average Bonchev–Trinajstić information content (AvgIpc) is 3.30.